The minimum atomic E-state index is -0.282. The number of nitrogens with one attached hydrogen (secondary N) is 2. The fourth-order valence-corrected chi connectivity index (χ4v) is 2.50. The Hall–Kier alpha value is -2.19. The third-order valence-corrected chi connectivity index (χ3v) is 3.92. The zero-order chi connectivity index (χ0) is 16.2. The van der Waals surface area contributed by atoms with Gasteiger partial charge in [-0.1, -0.05) is 15.9 Å². The van der Waals surface area contributed by atoms with Gasteiger partial charge >= 0.3 is 0 Å². The number of benzene rings is 1. The predicted molar refractivity (Wildman–Crippen MR) is 91.9 cm³/mol. The summed E-state index contributed by atoms with van der Waals surface area (Å²) in [7, 11) is 0. The Morgan fingerprint density at radius 1 is 1.26 bits per heavy atom. The molecule has 23 heavy (non-hydrogen) atoms. The summed E-state index contributed by atoms with van der Waals surface area (Å²) in [5, 5.41) is 12.0. The average Bonchev–Trinajstić information content (AvgIpc) is 2.94. The van der Waals surface area contributed by atoms with Gasteiger partial charge in [0.25, 0.3) is 5.56 Å². The van der Waals surface area contributed by atoms with Gasteiger partial charge in [0.05, 0.1) is 6.33 Å². The Morgan fingerprint density at radius 2 is 2.04 bits per heavy atom. The summed E-state index contributed by atoms with van der Waals surface area (Å²) in [6.07, 6.45) is 3.10. The number of hydrogen-bond acceptors (Lipinski definition) is 5. The Bertz CT molecular complexity index is 856. The van der Waals surface area contributed by atoms with Crippen LogP contribution in [0.15, 0.2) is 39.9 Å². The van der Waals surface area contributed by atoms with Crippen LogP contribution in [0.5, 0.6) is 0 Å². The predicted octanol–water partition coefficient (Wildman–Crippen LogP) is 2.40. The molecule has 2 aromatic heterocycles. The standard InChI is InChI=1S/C15H16BrN5O2/c16-10-3-5-11(6-4-10)18-15-19-13-12(14(23)20-15)17-9-21(13)7-1-2-8-22/h3-6,9,22H,1-2,7-8H2,(H2,18,19,20,23). The Labute approximate surface area is 140 Å². The number of imidazole rings is 1. The van der Waals surface area contributed by atoms with Gasteiger partial charge in [-0.3, -0.25) is 9.78 Å². The molecule has 0 fully saturated rings. The number of nitrogens with zero attached hydrogens (tertiary/aromatic N) is 3. The van der Waals surface area contributed by atoms with Crippen molar-refractivity contribution in [2.24, 2.45) is 0 Å². The van der Waals surface area contributed by atoms with E-state index < -0.39 is 0 Å². The van der Waals surface area contributed by atoms with Crippen LogP contribution in [-0.4, -0.2) is 31.2 Å². The maximum absolute atomic E-state index is 12.1. The molecule has 3 aromatic rings. The fourth-order valence-electron chi connectivity index (χ4n) is 2.24. The molecular weight excluding hydrogens is 362 g/mol. The number of unbranched alkanes of at least 4 members (excludes halogenated alkanes) is 1. The second-order valence-corrected chi connectivity index (χ2v) is 6.00. The summed E-state index contributed by atoms with van der Waals surface area (Å²) in [4.78, 5) is 23.4. The highest BCUT2D eigenvalue weighted by Gasteiger charge is 2.10. The number of aryl methyl sites for hydroxylation is 1. The molecule has 0 amide bonds. The molecule has 0 aliphatic heterocycles. The molecule has 0 radical (unpaired) electrons. The Morgan fingerprint density at radius 3 is 2.78 bits per heavy atom. The van der Waals surface area contributed by atoms with Crippen LogP contribution in [0.25, 0.3) is 11.2 Å². The van der Waals surface area contributed by atoms with Gasteiger partial charge in [0.2, 0.25) is 5.95 Å². The van der Waals surface area contributed by atoms with Crippen molar-refractivity contribution in [1.82, 2.24) is 19.5 Å². The monoisotopic (exact) mass is 377 g/mol. The molecule has 0 spiro atoms. The maximum atomic E-state index is 12.1. The summed E-state index contributed by atoms with van der Waals surface area (Å²) in [5.74, 6) is 0.369. The number of fused-ring (bicyclic) bond motifs is 1. The van der Waals surface area contributed by atoms with Crippen LogP contribution in [0.1, 0.15) is 12.8 Å². The van der Waals surface area contributed by atoms with Gasteiger partial charge in [-0.2, -0.15) is 4.98 Å². The van der Waals surface area contributed by atoms with Crippen molar-refractivity contribution in [3.63, 3.8) is 0 Å². The topological polar surface area (TPSA) is 95.8 Å². The number of aromatic amines is 1. The number of hydrogen-bond donors (Lipinski definition) is 3. The van der Waals surface area contributed by atoms with Crippen LogP contribution < -0.4 is 10.9 Å². The van der Waals surface area contributed by atoms with Gasteiger partial charge in [0.1, 0.15) is 0 Å². The van der Waals surface area contributed by atoms with E-state index in [0.717, 1.165) is 16.6 Å². The fraction of sp³-hybridized carbons (Fsp3) is 0.267. The molecular formula is C15H16BrN5O2. The molecule has 7 nitrogen and oxygen atoms in total. The van der Waals surface area contributed by atoms with Crippen LogP contribution in [0.2, 0.25) is 0 Å². The molecule has 0 saturated heterocycles. The lowest BCUT2D eigenvalue weighted by atomic mass is 10.3. The molecule has 0 atom stereocenters. The molecule has 3 rings (SSSR count). The van der Waals surface area contributed by atoms with E-state index in [4.69, 9.17) is 5.11 Å². The minimum absolute atomic E-state index is 0.150. The van der Waals surface area contributed by atoms with Gasteiger partial charge in [-0.15, -0.1) is 0 Å². The first kappa shape index (κ1) is 15.7. The van der Waals surface area contributed by atoms with E-state index in [1.54, 1.807) is 6.33 Å². The van der Waals surface area contributed by atoms with Crippen LogP contribution in [0.4, 0.5) is 11.6 Å². The van der Waals surface area contributed by atoms with Gasteiger partial charge < -0.3 is 15.0 Å². The largest absolute Gasteiger partial charge is 0.396 e. The molecule has 0 aliphatic rings. The molecule has 0 saturated carbocycles. The molecule has 0 bridgehead atoms. The molecule has 1 aromatic carbocycles. The Kier molecular flexibility index (Phi) is 4.73. The van der Waals surface area contributed by atoms with E-state index >= 15 is 0 Å². The molecule has 8 heteroatoms. The van der Waals surface area contributed by atoms with Gasteiger partial charge in [-0.05, 0) is 37.1 Å². The molecule has 0 aliphatic carbocycles. The number of aromatic nitrogens is 4. The lowest BCUT2D eigenvalue weighted by Gasteiger charge is -2.07. The smallest absolute Gasteiger partial charge is 0.280 e. The number of aliphatic hydroxyl groups excluding tert-OH is 1. The van der Waals surface area contributed by atoms with Crippen molar-refractivity contribution < 1.29 is 5.11 Å². The van der Waals surface area contributed by atoms with Gasteiger partial charge in [0, 0.05) is 23.3 Å². The van der Waals surface area contributed by atoms with Crippen LogP contribution in [0, 0.1) is 0 Å². The summed E-state index contributed by atoms with van der Waals surface area (Å²) >= 11 is 3.38. The molecule has 120 valence electrons. The lowest BCUT2D eigenvalue weighted by molar-refractivity contribution is 0.281. The zero-order valence-corrected chi connectivity index (χ0v) is 13.9. The van der Waals surface area contributed by atoms with Crippen molar-refractivity contribution in [3.05, 3.63) is 45.4 Å². The van der Waals surface area contributed by atoms with E-state index in [0.29, 0.717) is 30.1 Å². The number of aliphatic hydroxyl groups is 1. The van der Waals surface area contributed by atoms with Crippen LogP contribution >= 0.6 is 15.9 Å². The third-order valence-electron chi connectivity index (χ3n) is 3.39. The first-order chi connectivity index (χ1) is 11.2. The van der Waals surface area contributed by atoms with Crippen molar-refractivity contribution in [1.29, 1.82) is 0 Å². The number of rotatable bonds is 6. The maximum Gasteiger partial charge on any atom is 0.280 e. The van der Waals surface area contributed by atoms with Crippen molar-refractivity contribution >= 4 is 38.7 Å². The van der Waals surface area contributed by atoms with E-state index in [2.05, 4.69) is 36.2 Å². The average molecular weight is 378 g/mol. The first-order valence-electron chi connectivity index (χ1n) is 7.26. The lowest BCUT2D eigenvalue weighted by Crippen LogP contribution is -2.12. The van der Waals surface area contributed by atoms with Crippen molar-refractivity contribution in [3.8, 4) is 0 Å². The highest BCUT2D eigenvalue weighted by atomic mass is 79.9. The summed E-state index contributed by atoms with van der Waals surface area (Å²) in [6, 6.07) is 7.57. The highest BCUT2D eigenvalue weighted by molar-refractivity contribution is 9.10. The zero-order valence-electron chi connectivity index (χ0n) is 12.3. The Balaban J connectivity index is 1.90. The second kappa shape index (κ2) is 6.93. The van der Waals surface area contributed by atoms with Crippen LogP contribution in [-0.2, 0) is 6.54 Å². The first-order valence-corrected chi connectivity index (χ1v) is 8.05. The number of anilines is 2. The summed E-state index contributed by atoms with van der Waals surface area (Å²) < 4.78 is 2.80. The number of halogens is 1. The molecule has 3 N–H and O–H groups in total. The van der Waals surface area contributed by atoms with Crippen LogP contribution in [0.3, 0.4) is 0 Å². The molecule has 2 heterocycles. The van der Waals surface area contributed by atoms with Gasteiger partial charge in [-0.25, -0.2) is 4.98 Å². The van der Waals surface area contributed by atoms with Crippen molar-refractivity contribution in [2.45, 2.75) is 19.4 Å². The van der Waals surface area contributed by atoms with E-state index in [1.807, 2.05) is 28.8 Å². The van der Waals surface area contributed by atoms with E-state index in [9.17, 15) is 4.79 Å². The molecule has 0 unspecified atom stereocenters. The van der Waals surface area contributed by atoms with E-state index in [1.165, 1.54) is 0 Å². The van der Waals surface area contributed by atoms with Crippen molar-refractivity contribution in [2.75, 3.05) is 11.9 Å². The SMILES string of the molecule is O=c1[nH]c(Nc2ccc(Br)cc2)nc2c1ncn2CCCCO. The normalized spacial score (nSPS) is 11.0. The summed E-state index contributed by atoms with van der Waals surface area (Å²) in [6.45, 7) is 0.808. The van der Waals surface area contributed by atoms with E-state index in [-0.39, 0.29) is 12.2 Å². The quantitative estimate of drug-likeness (QED) is 0.573. The second-order valence-electron chi connectivity index (χ2n) is 5.09. The van der Waals surface area contributed by atoms with Gasteiger partial charge in [0.15, 0.2) is 11.2 Å². The number of H-pyrrole nitrogens is 1. The third kappa shape index (κ3) is 3.59. The highest BCUT2D eigenvalue weighted by Crippen LogP contribution is 2.17. The summed E-state index contributed by atoms with van der Waals surface area (Å²) in [5.41, 5.74) is 1.39. The minimum Gasteiger partial charge on any atom is -0.396 e.